The van der Waals surface area contributed by atoms with Gasteiger partial charge in [0.15, 0.2) is 5.96 Å². The maximum Gasteiger partial charge on any atom is 0.401 e. The van der Waals surface area contributed by atoms with Crippen molar-refractivity contribution in [2.45, 2.75) is 44.8 Å². The summed E-state index contributed by atoms with van der Waals surface area (Å²) in [5.74, 6) is 0.612. The molecule has 2 saturated heterocycles. The summed E-state index contributed by atoms with van der Waals surface area (Å²) in [6.45, 7) is 6.19. The van der Waals surface area contributed by atoms with Gasteiger partial charge in [-0.15, -0.1) is 0 Å². The Kier molecular flexibility index (Phi) is 7.96. The predicted molar refractivity (Wildman–Crippen MR) is 111 cm³/mol. The average molecular weight is 428 g/mol. The normalized spacial score (nSPS) is 24.2. The lowest BCUT2D eigenvalue weighted by atomic mass is 10.1. The second-order valence-corrected chi connectivity index (χ2v) is 8.14. The zero-order valence-corrected chi connectivity index (χ0v) is 17.7. The first-order valence-electron chi connectivity index (χ1n) is 10.5. The fraction of sp³-hybridized carbons (Fsp3) is 0.667. The molecule has 0 bridgehead atoms. The summed E-state index contributed by atoms with van der Waals surface area (Å²) < 4.78 is 43.3. The smallest absolute Gasteiger partial charge is 0.376 e. The van der Waals surface area contributed by atoms with Gasteiger partial charge in [0.1, 0.15) is 0 Å². The highest BCUT2D eigenvalue weighted by Gasteiger charge is 2.34. The Bertz CT molecular complexity index is 712. The van der Waals surface area contributed by atoms with Crippen molar-refractivity contribution >= 4 is 5.96 Å². The molecular formula is C21H32F3N5O. The van der Waals surface area contributed by atoms with E-state index in [2.05, 4.69) is 51.7 Å². The number of halogens is 3. The van der Waals surface area contributed by atoms with Gasteiger partial charge >= 0.3 is 6.18 Å². The Morgan fingerprint density at radius 3 is 2.73 bits per heavy atom. The Morgan fingerprint density at radius 1 is 1.20 bits per heavy atom. The summed E-state index contributed by atoms with van der Waals surface area (Å²) in [7, 11) is 1.67. The van der Waals surface area contributed by atoms with Gasteiger partial charge in [0.2, 0.25) is 0 Å². The van der Waals surface area contributed by atoms with E-state index in [-0.39, 0.29) is 12.1 Å². The zero-order chi connectivity index (χ0) is 21.6. The van der Waals surface area contributed by atoms with Gasteiger partial charge in [0, 0.05) is 52.4 Å². The van der Waals surface area contributed by atoms with E-state index in [4.69, 9.17) is 4.74 Å². The third-order valence-electron chi connectivity index (χ3n) is 5.42. The van der Waals surface area contributed by atoms with Gasteiger partial charge < -0.3 is 15.4 Å². The lowest BCUT2D eigenvalue weighted by Crippen LogP contribution is -2.44. The summed E-state index contributed by atoms with van der Waals surface area (Å²) in [5.41, 5.74) is 2.40. The highest BCUT2D eigenvalue weighted by molar-refractivity contribution is 5.80. The SMILES string of the molecule is CN=C(NCc1cccc(CN2CCOC(C)C2)c1)NC1CCN(CC(F)(F)F)C1. The maximum absolute atomic E-state index is 12.6. The molecule has 0 aromatic heterocycles. The number of hydrogen-bond acceptors (Lipinski definition) is 4. The number of nitrogens with zero attached hydrogens (tertiary/aromatic N) is 3. The molecule has 168 valence electrons. The number of rotatable bonds is 6. The third-order valence-corrected chi connectivity index (χ3v) is 5.42. The third kappa shape index (κ3) is 7.45. The van der Waals surface area contributed by atoms with Crippen molar-refractivity contribution in [3.63, 3.8) is 0 Å². The molecule has 2 heterocycles. The summed E-state index contributed by atoms with van der Waals surface area (Å²) in [6.07, 6.45) is -3.22. The summed E-state index contributed by atoms with van der Waals surface area (Å²) in [4.78, 5) is 8.05. The maximum atomic E-state index is 12.6. The Morgan fingerprint density at radius 2 is 2.00 bits per heavy atom. The summed E-state index contributed by atoms with van der Waals surface area (Å²) in [5, 5.41) is 6.52. The van der Waals surface area contributed by atoms with Crippen molar-refractivity contribution in [2.24, 2.45) is 4.99 Å². The molecule has 0 aliphatic carbocycles. The van der Waals surface area contributed by atoms with Crippen LogP contribution in [0.4, 0.5) is 13.2 Å². The Labute approximate surface area is 176 Å². The van der Waals surface area contributed by atoms with Crippen LogP contribution in [0.5, 0.6) is 0 Å². The van der Waals surface area contributed by atoms with Crippen LogP contribution in [0.2, 0.25) is 0 Å². The Hall–Kier alpha value is -1.84. The van der Waals surface area contributed by atoms with E-state index in [1.54, 1.807) is 7.05 Å². The van der Waals surface area contributed by atoms with E-state index in [9.17, 15) is 13.2 Å². The highest BCUT2D eigenvalue weighted by atomic mass is 19.4. The van der Waals surface area contributed by atoms with Crippen LogP contribution in [0.25, 0.3) is 0 Å². The number of guanidine groups is 1. The second kappa shape index (κ2) is 10.5. The molecule has 2 fully saturated rings. The number of alkyl halides is 3. The van der Waals surface area contributed by atoms with E-state index in [1.807, 2.05) is 0 Å². The molecule has 0 spiro atoms. The number of nitrogens with one attached hydrogen (secondary N) is 2. The van der Waals surface area contributed by atoms with E-state index in [1.165, 1.54) is 10.5 Å². The van der Waals surface area contributed by atoms with Crippen molar-refractivity contribution in [3.05, 3.63) is 35.4 Å². The van der Waals surface area contributed by atoms with Crippen molar-refractivity contribution < 1.29 is 17.9 Å². The number of aliphatic imine (C=N–C) groups is 1. The van der Waals surface area contributed by atoms with Crippen LogP contribution in [0, 0.1) is 0 Å². The molecule has 2 aliphatic heterocycles. The molecule has 6 nitrogen and oxygen atoms in total. The van der Waals surface area contributed by atoms with Gasteiger partial charge in [0.05, 0.1) is 19.3 Å². The first kappa shape index (κ1) is 22.8. The first-order valence-corrected chi connectivity index (χ1v) is 10.5. The van der Waals surface area contributed by atoms with E-state index < -0.39 is 12.7 Å². The molecule has 2 N–H and O–H groups in total. The zero-order valence-electron chi connectivity index (χ0n) is 17.7. The molecular weight excluding hydrogens is 395 g/mol. The molecule has 2 unspecified atom stereocenters. The molecule has 0 saturated carbocycles. The fourth-order valence-electron chi connectivity index (χ4n) is 4.05. The van der Waals surface area contributed by atoms with Crippen LogP contribution in [0.15, 0.2) is 29.3 Å². The number of benzene rings is 1. The van der Waals surface area contributed by atoms with Crippen LogP contribution in [-0.2, 0) is 17.8 Å². The first-order chi connectivity index (χ1) is 14.3. The van der Waals surface area contributed by atoms with Gasteiger partial charge in [-0.3, -0.25) is 14.8 Å². The number of likely N-dealkylation sites (tertiary alicyclic amines) is 1. The van der Waals surface area contributed by atoms with Crippen LogP contribution in [0.3, 0.4) is 0 Å². The topological polar surface area (TPSA) is 52.1 Å². The summed E-state index contributed by atoms with van der Waals surface area (Å²) >= 11 is 0. The molecule has 0 radical (unpaired) electrons. The van der Waals surface area contributed by atoms with E-state index >= 15 is 0 Å². The van der Waals surface area contributed by atoms with E-state index in [0.717, 1.165) is 31.8 Å². The van der Waals surface area contributed by atoms with Gasteiger partial charge in [-0.05, 0) is 24.5 Å². The highest BCUT2D eigenvalue weighted by Crippen LogP contribution is 2.20. The molecule has 30 heavy (non-hydrogen) atoms. The molecule has 1 aromatic rings. The molecule has 1 aromatic carbocycles. The van der Waals surface area contributed by atoms with Crippen molar-refractivity contribution in [3.8, 4) is 0 Å². The summed E-state index contributed by atoms with van der Waals surface area (Å²) in [6, 6.07) is 8.39. The van der Waals surface area contributed by atoms with Crippen LogP contribution >= 0.6 is 0 Å². The Balaban J connectivity index is 1.46. The molecule has 0 amide bonds. The predicted octanol–water partition coefficient (Wildman–Crippen LogP) is 2.21. The number of hydrogen-bond donors (Lipinski definition) is 2. The largest absolute Gasteiger partial charge is 0.401 e. The van der Waals surface area contributed by atoms with Gasteiger partial charge in [0.25, 0.3) is 0 Å². The average Bonchev–Trinajstić information content (AvgIpc) is 3.10. The lowest BCUT2D eigenvalue weighted by Gasteiger charge is -2.31. The van der Waals surface area contributed by atoms with E-state index in [0.29, 0.717) is 32.0 Å². The number of morpholine rings is 1. The molecule has 3 rings (SSSR count). The molecule has 2 atom stereocenters. The lowest BCUT2D eigenvalue weighted by molar-refractivity contribution is -0.143. The minimum Gasteiger partial charge on any atom is -0.376 e. The number of ether oxygens (including phenoxy) is 1. The van der Waals surface area contributed by atoms with Crippen LogP contribution in [-0.4, -0.2) is 80.5 Å². The minimum atomic E-state index is -4.15. The van der Waals surface area contributed by atoms with Crippen molar-refractivity contribution in [1.29, 1.82) is 0 Å². The van der Waals surface area contributed by atoms with Gasteiger partial charge in [-0.25, -0.2) is 0 Å². The molecule has 2 aliphatic rings. The van der Waals surface area contributed by atoms with Gasteiger partial charge in [-0.2, -0.15) is 13.2 Å². The standard InChI is InChI=1S/C21H32F3N5O/c1-16-12-28(8-9-30-16)13-18-5-3-4-17(10-18)11-26-20(25-2)27-19-6-7-29(14-19)15-21(22,23)24/h3-5,10,16,19H,6-9,11-15H2,1-2H3,(H2,25,26,27). The second-order valence-electron chi connectivity index (χ2n) is 8.14. The van der Waals surface area contributed by atoms with Crippen molar-refractivity contribution in [1.82, 2.24) is 20.4 Å². The molecule has 9 heteroatoms. The minimum absolute atomic E-state index is 0.0341. The monoisotopic (exact) mass is 427 g/mol. The van der Waals surface area contributed by atoms with Crippen LogP contribution < -0.4 is 10.6 Å². The van der Waals surface area contributed by atoms with Crippen LogP contribution in [0.1, 0.15) is 24.5 Å². The van der Waals surface area contributed by atoms with Crippen molar-refractivity contribution in [2.75, 3.05) is 46.4 Å². The quantitative estimate of drug-likeness (QED) is 0.539. The van der Waals surface area contributed by atoms with Gasteiger partial charge in [-0.1, -0.05) is 24.3 Å². The fourth-order valence-corrected chi connectivity index (χ4v) is 4.05.